The third kappa shape index (κ3) is 7.30. The molecule has 8 nitrogen and oxygen atoms in total. The largest absolute Gasteiger partial charge is 0.466 e. The zero-order valence-electron chi connectivity index (χ0n) is 17.6. The zero-order valence-corrected chi connectivity index (χ0v) is 17.6. The van der Waals surface area contributed by atoms with E-state index in [0.29, 0.717) is 64.6 Å². The van der Waals surface area contributed by atoms with Crippen LogP contribution in [0.1, 0.15) is 65.2 Å². The van der Waals surface area contributed by atoms with Crippen molar-refractivity contribution < 1.29 is 28.9 Å². The molecule has 1 N–H and O–H groups in total. The SMILES string of the molecule is CCOC(=O)C1CCC(C#N)(OC)CC1.CCOC(=O)C1CCC(O)(C#N)CC1. The Labute approximate surface area is 172 Å². The molecule has 0 aliphatic heterocycles. The first-order chi connectivity index (χ1) is 13.8. The molecule has 162 valence electrons. The number of ether oxygens (including phenoxy) is 3. The maximum absolute atomic E-state index is 11.4. The molecule has 8 heteroatoms. The summed E-state index contributed by atoms with van der Waals surface area (Å²) >= 11 is 0. The van der Waals surface area contributed by atoms with Crippen LogP contribution in [0, 0.1) is 34.5 Å². The summed E-state index contributed by atoms with van der Waals surface area (Å²) in [6.07, 6.45) is 4.42. The quantitative estimate of drug-likeness (QED) is 0.543. The molecule has 0 aromatic carbocycles. The summed E-state index contributed by atoms with van der Waals surface area (Å²) in [6, 6.07) is 4.06. The van der Waals surface area contributed by atoms with E-state index in [1.165, 1.54) is 0 Å². The van der Waals surface area contributed by atoms with Crippen molar-refractivity contribution in [2.24, 2.45) is 11.8 Å². The molecule has 2 fully saturated rings. The summed E-state index contributed by atoms with van der Waals surface area (Å²) < 4.78 is 15.0. The van der Waals surface area contributed by atoms with Crippen LogP contribution in [0.3, 0.4) is 0 Å². The molecule has 2 rings (SSSR count). The van der Waals surface area contributed by atoms with Crippen LogP contribution in [0.15, 0.2) is 0 Å². The molecule has 2 saturated carbocycles. The van der Waals surface area contributed by atoms with E-state index in [1.54, 1.807) is 21.0 Å². The maximum Gasteiger partial charge on any atom is 0.308 e. The molecule has 0 atom stereocenters. The molecule has 2 aliphatic rings. The summed E-state index contributed by atoms with van der Waals surface area (Å²) in [5, 5.41) is 27.2. The molecule has 0 radical (unpaired) electrons. The van der Waals surface area contributed by atoms with Gasteiger partial charge in [-0.05, 0) is 65.2 Å². The van der Waals surface area contributed by atoms with Crippen molar-refractivity contribution in [1.29, 1.82) is 10.5 Å². The molecule has 0 aromatic heterocycles. The van der Waals surface area contributed by atoms with Gasteiger partial charge in [-0.1, -0.05) is 0 Å². The lowest BCUT2D eigenvalue weighted by atomic mass is 9.79. The van der Waals surface area contributed by atoms with Crippen LogP contribution in [0.2, 0.25) is 0 Å². The number of esters is 2. The summed E-state index contributed by atoms with van der Waals surface area (Å²) in [5.74, 6) is -0.530. The predicted molar refractivity (Wildman–Crippen MR) is 103 cm³/mol. The van der Waals surface area contributed by atoms with Gasteiger partial charge in [0.15, 0.2) is 11.2 Å². The van der Waals surface area contributed by atoms with E-state index < -0.39 is 11.2 Å². The fourth-order valence-corrected chi connectivity index (χ4v) is 3.64. The Morgan fingerprint density at radius 1 is 0.897 bits per heavy atom. The highest BCUT2D eigenvalue weighted by molar-refractivity contribution is 5.73. The van der Waals surface area contributed by atoms with Gasteiger partial charge in [0.05, 0.1) is 37.2 Å². The molecule has 29 heavy (non-hydrogen) atoms. The summed E-state index contributed by atoms with van der Waals surface area (Å²) in [7, 11) is 1.55. The van der Waals surface area contributed by atoms with E-state index in [2.05, 4.69) is 6.07 Å². The highest BCUT2D eigenvalue weighted by atomic mass is 16.5. The summed E-state index contributed by atoms with van der Waals surface area (Å²) in [6.45, 7) is 4.38. The van der Waals surface area contributed by atoms with Gasteiger partial charge < -0.3 is 19.3 Å². The zero-order chi connectivity index (χ0) is 21.9. The van der Waals surface area contributed by atoms with Crippen LogP contribution < -0.4 is 0 Å². The second-order valence-corrected chi connectivity index (χ2v) is 7.51. The van der Waals surface area contributed by atoms with Crippen molar-refractivity contribution in [1.82, 2.24) is 0 Å². The number of nitriles is 2. The second-order valence-electron chi connectivity index (χ2n) is 7.51. The van der Waals surface area contributed by atoms with E-state index in [-0.39, 0.29) is 23.8 Å². The first-order valence-corrected chi connectivity index (χ1v) is 10.2. The number of aliphatic hydroxyl groups is 1. The molecule has 0 amide bonds. The van der Waals surface area contributed by atoms with Gasteiger partial charge >= 0.3 is 11.9 Å². The normalized spacial score (nSPS) is 31.2. The third-order valence-electron chi connectivity index (χ3n) is 5.65. The first-order valence-electron chi connectivity index (χ1n) is 10.2. The van der Waals surface area contributed by atoms with E-state index in [9.17, 15) is 14.7 Å². The lowest BCUT2D eigenvalue weighted by Crippen LogP contribution is -2.37. The van der Waals surface area contributed by atoms with Crippen LogP contribution in [0.4, 0.5) is 0 Å². The van der Waals surface area contributed by atoms with E-state index in [0.717, 1.165) is 0 Å². The molecule has 0 saturated heterocycles. The minimum absolute atomic E-state index is 0.0541. The average Bonchev–Trinajstić information content (AvgIpc) is 2.75. The topological polar surface area (TPSA) is 130 Å². The minimum atomic E-state index is -1.22. The highest BCUT2D eigenvalue weighted by Gasteiger charge is 2.38. The Balaban J connectivity index is 0.000000291. The average molecular weight is 408 g/mol. The standard InChI is InChI=1S/C11H17NO3.C10H15NO3/c1-3-15-10(13)9-4-6-11(8-12,14-2)7-5-9;1-2-14-9(12)8-3-5-10(13,7-11)6-4-8/h9H,3-7H2,1-2H3;8,13H,2-6H2,1H3. The smallest absolute Gasteiger partial charge is 0.308 e. The van der Waals surface area contributed by atoms with Gasteiger partial charge in [0.25, 0.3) is 0 Å². The number of methoxy groups -OCH3 is 1. The van der Waals surface area contributed by atoms with Gasteiger partial charge in [0.1, 0.15) is 0 Å². The molecule has 0 unspecified atom stereocenters. The molecular formula is C21H32N2O6. The lowest BCUT2D eigenvalue weighted by Gasteiger charge is -2.32. The number of carbonyl (C=O) groups excluding carboxylic acids is 2. The molecule has 0 heterocycles. The van der Waals surface area contributed by atoms with Gasteiger partial charge in [0, 0.05) is 7.11 Å². The molecule has 0 spiro atoms. The molecule has 0 aromatic rings. The van der Waals surface area contributed by atoms with E-state index in [1.807, 2.05) is 6.07 Å². The van der Waals surface area contributed by atoms with E-state index >= 15 is 0 Å². The number of rotatable bonds is 5. The van der Waals surface area contributed by atoms with Gasteiger partial charge in [-0.2, -0.15) is 10.5 Å². The Kier molecular flexibility index (Phi) is 10.1. The molecular weight excluding hydrogens is 376 g/mol. The van der Waals surface area contributed by atoms with Crippen molar-refractivity contribution >= 4 is 11.9 Å². The van der Waals surface area contributed by atoms with Gasteiger partial charge in [-0.25, -0.2) is 0 Å². The van der Waals surface area contributed by atoms with Crippen molar-refractivity contribution in [3.8, 4) is 12.1 Å². The predicted octanol–water partition coefficient (Wildman–Crippen LogP) is 2.64. The third-order valence-corrected chi connectivity index (χ3v) is 5.65. The molecule has 0 bridgehead atoms. The van der Waals surface area contributed by atoms with Gasteiger partial charge in [0.2, 0.25) is 0 Å². The van der Waals surface area contributed by atoms with Gasteiger partial charge in [-0.15, -0.1) is 0 Å². The van der Waals surface area contributed by atoms with Crippen molar-refractivity contribution in [3.05, 3.63) is 0 Å². The number of carbonyl (C=O) groups is 2. The van der Waals surface area contributed by atoms with Gasteiger partial charge in [-0.3, -0.25) is 9.59 Å². The summed E-state index contributed by atoms with van der Waals surface area (Å²) in [4.78, 5) is 22.8. The number of nitrogens with zero attached hydrogens (tertiary/aromatic N) is 2. The Bertz CT molecular complexity index is 620. The van der Waals surface area contributed by atoms with Crippen LogP contribution in [-0.4, -0.2) is 48.6 Å². The minimum Gasteiger partial charge on any atom is -0.466 e. The Hall–Kier alpha value is -2.16. The Morgan fingerprint density at radius 3 is 1.62 bits per heavy atom. The van der Waals surface area contributed by atoms with E-state index in [4.69, 9.17) is 24.7 Å². The fraction of sp³-hybridized carbons (Fsp3) is 0.810. The summed E-state index contributed by atoms with van der Waals surface area (Å²) in [5.41, 5.74) is -1.90. The number of hydrogen-bond donors (Lipinski definition) is 1. The number of hydrogen-bond acceptors (Lipinski definition) is 8. The maximum atomic E-state index is 11.4. The van der Waals surface area contributed by atoms with Crippen molar-refractivity contribution in [3.63, 3.8) is 0 Å². The van der Waals surface area contributed by atoms with Crippen molar-refractivity contribution in [2.45, 2.75) is 76.4 Å². The second kappa shape index (κ2) is 11.7. The van der Waals surface area contributed by atoms with Crippen LogP contribution in [0.5, 0.6) is 0 Å². The van der Waals surface area contributed by atoms with Crippen molar-refractivity contribution in [2.75, 3.05) is 20.3 Å². The lowest BCUT2D eigenvalue weighted by molar-refractivity contribution is -0.151. The van der Waals surface area contributed by atoms with Crippen LogP contribution >= 0.6 is 0 Å². The van der Waals surface area contributed by atoms with Crippen LogP contribution in [-0.2, 0) is 23.8 Å². The first kappa shape index (κ1) is 24.9. The monoisotopic (exact) mass is 408 g/mol. The fourth-order valence-electron chi connectivity index (χ4n) is 3.64. The Morgan fingerprint density at radius 2 is 1.31 bits per heavy atom. The van der Waals surface area contributed by atoms with Crippen LogP contribution in [0.25, 0.3) is 0 Å². The molecule has 2 aliphatic carbocycles. The highest BCUT2D eigenvalue weighted by Crippen LogP contribution is 2.34.